The van der Waals surface area contributed by atoms with Gasteiger partial charge in [0.15, 0.2) is 11.5 Å². The Kier molecular flexibility index (Phi) is 5.72. The van der Waals surface area contributed by atoms with Gasteiger partial charge in [-0.05, 0) is 18.6 Å². The number of halogens is 1. The van der Waals surface area contributed by atoms with E-state index in [0.29, 0.717) is 18.1 Å². The molecular formula is C12H15ClO3. The molecule has 0 amide bonds. The molecule has 0 radical (unpaired) electrons. The number of rotatable bonds is 6. The van der Waals surface area contributed by atoms with Gasteiger partial charge < -0.3 is 9.47 Å². The van der Waals surface area contributed by atoms with Crippen LogP contribution in [0.1, 0.15) is 19.8 Å². The van der Waals surface area contributed by atoms with Crippen LogP contribution in [0.2, 0.25) is 0 Å². The second-order valence-corrected chi connectivity index (χ2v) is 3.52. The molecule has 1 rings (SSSR count). The monoisotopic (exact) mass is 242 g/mol. The minimum Gasteiger partial charge on any atom is -0.490 e. The predicted octanol–water partition coefficient (Wildman–Crippen LogP) is 3.01. The van der Waals surface area contributed by atoms with Crippen molar-refractivity contribution in [1.82, 2.24) is 0 Å². The zero-order chi connectivity index (χ0) is 11.8. The SMILES string of the molecule is CCCCOc1ccccc1OC(=O)CCl. The van der Waals surface area contributed by atoms with Crippen LogP contribution >= 0.6 is 11.6 Å². The van der Waals surface area contributed by atoms with Crippen LogP contribution in [0.5, 0.6) is 11.5 Å². The lowest BCUT2D eigenvalue weighted by Crippen LogP contribution is -2.10. The van der Waals surface area contributed by atoms with Crippen LogP contribution in [0, 0.1) is 0 Å². The third-order valence-corrected chi connectivity index (χ3v) is 2.16. The average Bonchev–Trinajstić information content (AvgIpc) is 2.31. The molecule has 16 heavy (non-hydrogen) atoms. The number of ether oxygens (including phenoxy) is 2. The lowest BCUT2D eigenvalue weighted by molar-refractivity contribution is -0.131. The van der Waals surface area contributed by atoms with Crippen molar-refractivity contribution in [2.45, 2.75) is 19.8 Å². The van der Waals surface area contributed by atoms with Crippen molar-refractivity contribution in [2.24, 2.45) is 0 Å². The maximum absolute atomic E-state index is 11.1. The smallest absolute Gasteiger partial charge is 0.326 e. The number of unbranched alkanes of at least 4 members (excludes halogenated alkanes) is 1. The molecule has 0 aromatic heterocycles. The van der Waals surface area contributed by atoms with Crippen LogP contribution in [-0.4, -0.2) is 18.5 Å². The third kappa shape index (κ3) is 4.11. The van der Waals surface area contributed by atoms with Crippen LogP contribution in [0.15, 0.2) is 24.3 Å². The summed E-state index contributed by atoms with van der Waals surface area (Å²) in [5.41, 5.74) is 0. The van der Waals surface area contributed by atoms with E-state index in [2.05, 4.69) is 6.92 Å². The average molecular weight is 243 g/mol. The highest BCUT2D eigenvalue weighted by molar-refractivity contribution is 6.26. The van der Waals surface area contributed by atoms with Gasteiger partial charge >= 0.3 is 5.97 Å². The number of esters is 1. The molecule has 0 saturated heterocycles. The van der Waals surface area contributed by atoms with Crippen molar-refractivity contribution >= 4 is 17.6 Å². The van der Waals surface area contributed by atoms with Crippen LogP contribution in [0.4, 0.5) is 0 Å². The summed E-state index contributed by atoms with van der Waals surface area (Å²) in [7, 11) is 0. The van der Waals surface area contributed by atoms with E-state index < -0.39 is 5.97 Å². The molecule has 1 aromatic carbocycles. The molecule has 0 aliphatic carbocycles. The number of alkyl halides is 1. The highest BCUT2D eigenvalue weighted by Gasteiger charge is 2.08. The number of hydrogen-bond acceptors (Lipinski definition) is 3. The summed E-state index contributed by atoms with van der Waals surface area (Å²) in [6.07, 6.45) is 2.03. The van der Waals surface area contributed by atoms with Crippen molar-refractivity contribution in [3.05, 3.63) is 24.3 Å². The van der Waals surface area contributed by atoms with E-state index in [1.807, 2.05) is 6.07 Å². The van der Waals surface area contributed by atoms with Gasteiger partial charge in [0.2, 0.25) is 0 Å². The summed E-state index contributed by atoms with van der Waals surface area (Å²) in [6, 6.07) is 7.07. The zero-order valence-corrected chi connectivity index (χ0v) is 10.00. The molecule has 0 N–H and O–H groups in total. The van der Waals surface area contributed by atoms with E-state index in [0.717, 1.165) is 12.8 Å². The van der Waals surface area contributed by atoms with Gasteiger partial charge in [0.25, 0.3) is 0 Å². The number of hydrogen-bond donors (Lipinski definition) is 0. The zero-order valence-electron chi connectivity index (χ0n) is 9.24. The minimum absolute atomic E-state index is 0.163. The molecule has 0 atom stereocenters. The standard InChI is InChI=1S/C12H15ClO3/c1-2-3-8-15-10-6-4-5-7-11(10)16-12(14)9-13/h4-7H,2-3,8-9H2,1H3. The molecule has 0 aliphatic rings. The van der Waals surface area contributed by atoms with Gasteiger partial charge in [-0.2, -0.15) is 0 Å². The van der Waals surface area contributed by atoms with Crippen LogP contribution in [0.3, 0.4) is 0 Å². The van der Waals surface area contributed by atoms with Gasteiger partial charge in [-0.3, -0.25) is 4.79 Å². The van der Waals surface area contributed by atoms with Gasteiger partial charge in [-0.15, -0.1) is 11.6 Å². The Hall–Kier alpha value is -1.22. The molecule has 88 valence electrons. The molecule has 1 aromatic rings. The van der Waals surface area contributed by atoms with Crippen molar-refractivity contribution in [2.75, 3.05) is 12.5 Å². The summed E-state index contributed by atoms with van der Waals surface area (Å²) >= 11 is 5.37. The Morgan fingerprint density at radius 2 is 2.00 bits per heavy atom. The predicted molar refractivity (Wildman–Crippen MR) is 63.2 cm³/mol. The Morgan fingerprint density at radius 3 is 2.62 bits per heavy atom. The summed E-state index contributed by atoms with van der Waals surface area (Å²) in [5, 5.41) is 0. The first-order chi connectivity index (χ1) is 7.77. The number of para-hydroxylation sites is 2. The number of benzene rings is 1. The van der Waals surface area contributed by atoms with Crippen molar-refractivity contribution in [1.29, 1.82) is 0 Å². The van der Waals surface area contributed by atoms with Gasteiger partial charge in [0.1, 0.15) is 5.88 Å². The molecular weight excluding hydrogens is 228 g/mol. The lowest BCUT2D eigenvalue weighted by Gasteiger charge is -2.10. The highest BCUT2D eigenvalue weighted by Crippen LogP contribution is 2.26. The third-order valence-electron chi connectivity index (χ3n) is 1.94. The van der Waals surface area contributed by atoms with Crippen LogP contribution < -0.4 is 9.47 Å². The van der Waals surface area contributed by atoms with Crippen molar-refractivity contribution < 1.29 is 14.3 Å². The second kappa shape index (κ2) is 7.12. The molecule has 0 fully saturated rings. The first kappa shape index (κ1) is 12.8. The van der Waals surface area contributed by atoms with Crippen molar-refractivity contribution in [3.63, 3.8) is 0 Å². The topological polar surface area (TPSA) is 35.5 Å². The van der Waals surface area contributed by atoms with Gasteiger partial charge in [-0.25, -0.2) is 0 Å². The molecule has 3 nitrogen and oxygen atoms in total. The number of carbonyl (C=O) groups excluding carboxylic acids is 1. The fourth-order valence-electron chi connectivity index (χ4n) is 1.13. The largest absolute Gasteiger partial charge is 0.490 e. The maximum atomic E-state index is 11.1. The second-order valence-electron chi connectivity index (χ2n) is 3.26. The van der Waals surface area contributed by atoms with Gasteiger partial charge in [0, 0.05) is 0 Å². The first-order valence-corrected chi connectivity index (χ1v) is 5.79. The van der Waals surface area contributed by atoms with E-state index in [9.17, 15) is 4.79 Å². The molecule has 0 heterocycles. The van der Waals surface area contributed by atoms with Crippen LogP contribution in [-0.2, 0) is 4.79 Å². The van der Waals surface area contributed by atoms with Crippen LogP contribution in [0.25, 0.3) is 0 Å². The van der Waals surface area contributed by atoms with E-state index >= 15 is 0 Å². The van der Waals surface area contributed by atoms with Crippen molar-refractivity contribution in [3.8, 4) is 11.5 Å². The summed E-state index contributed by atoms with van der Waals surface area (Å²) in [6.45, 7) is 2.70. The summed E-state index contributed by atoms with van der Waals surface area (Å²) in [4.78, 5) is 11.1. The number of carbonyl (C=O) groups is 1. The van der Waals surface area contributed by atoms with E-state index in [1.54, 1.807) is 18.2 Å². The Morgan fingerprint density at radius 1 is 1.31 bits per heavy atom. The fourth-order valence-corrected chi connectivity index (χ4v) is 1.18. The lowest BCUT2D eigenvalue weighted by atomic mass is 10.3. The Bertz CT molecular complexity index is 339. The normalized spacial score (nSPS) is 9.88. The molecule has 0 bridgehead atoms. The Balaban J connectivity index is 2.63. The van der Waals surface area contributed by atoms with Gasteiger partial charge in [0.05, 0.1) is 6.61 Å². The molecule has 0 saturated carbocycles. The summed E-state index contributed by atoms with van der Waals surface area (Å²) in [5.74, 6) is 0.357. The molecule has 4 heteroatoms. The van der Waals surface area contributed by atoms with E-state index in [1.165, 1.54) is 0 Å². The maximum Gasteiger partial charge on any atom is 0.326 e. The minimum atomic E-state index is -0.479. The molecule has 0 spiro atoms. The quantitative estimate of drug-likeness (QED) is 0.333. The fraction of sp³-hybridized carbons (Fsp3) is 0.417. The Labute approximate surface area is 100 Å². The highest BCUT2D eigenvalue weighted by atomic mass is 35.5. The first-order valence-electron chi connectivity index (χ1n) is 5.26. The van der Waals surface area contributed by atoms with Gasteiger partial charge in [-0.1, -0.05) is 25.5 Å². The molecule has 0 unspecified atom stereocenters. The summed E-state index contributed by atoms with van der Waals surface area (Å²) < 4.78 is 10.5. The van der Waals surface area contributed by atoms with E-state index in [-0.39, 0.29) is 5.88 Å². The molecule has 0 aliphatic heterocycles. The van der Waals surface area contributed by atoms with E-state index in [4.69, 9.17) is 21.1 Å².